The molecule has 0 radical (unpaired) electrons. The zero-order valence-corrected chi connectivity index (χ0v) is 14.0. The first-order valence-electron chi connectivity index (χ1n) is 6.25. The van der Waals surface area contributed by atoms with Gasteiger partial charge in [-0.1, -0.05) is 50.1 Å². The highest BCUT2D eigenvalue weighted by Gasteiger charge is 2.16. The van der Waals surface area contributed by atoms with Crippen LogP contribution in [-0.4, -0.2) is 0 Å². The predicted molar refractivity (Wildman–Crippen MR) is 88.8 cm³/mol. The van der Waals surface area contributed by atoms with Crippen molar-refractivity contribution in [2.24, 2.45) is 5.73 Å². The lowest BCUT2D eigenvalue weighted by atomic mass is 10.1. The Morgan fingerprint density at radius 3 is 2.40 bits per heavy atom. The van der Waals surface area contributed by atoms with Crippen molar-refractivity contribution in [1.29, 1.82) is 0 Å². The van der Waals surface area contributed by atoms with Crippen molar-refractivity contribution in [3.05, 3.63) is 68.3 Å². The van der Waals surface area contributed by atoms with Gasteiger partial charge in [0.1, 0.15) is 11.3 Å². The van der Waals surface area contributed by atoms with E-state index in [1.165, 1.54) is 0 Å². The summed E-state index contributed by atoms with van der Waals surface area (Å²) in [6.07, 6.45) is 0. The lowest BCUT2D eigenvalue weighted by Gasteiger charge is -2.10. The smallest absolute Gasteiger partial charge is 0.137 e. The number of rotatable bonds is 2. The van der Waals surface area contributed by atoms with E-state index in [2.05, 4.69) is 31.9 Å². The molecule has 2 N–H and O–H groups in total. The van der Waals surface area contributed by atoms with Gasteiger partial charge in [-0.3, -0.25) is 0 Å². The molecule has 0 amide bonds. The average Bonchev–Trinajstić information content (AvgIpc) is 2.82. The minimum absolute atomic E-state index is 0.282. The largest absolute Gasteiger partial charge is 0.459 e. The zero-order valence-electron chi connectivity index (χ0n) is 10.9. The van der Waals surface area contributed by atoms with Crippen LogP contribution in [0.1, 0.15) is 22.9 Å². The molecule has 0 fully saturated rings. The molecule has 102 valence electrons. The molecule has 0 spiro atoms. The van der Waals surface area contributed by atoms with Gasteiger partial charge in [-0.15, -0.1) is 0 Å². The fourth-order valence-electron chi connectivity index (χ4n) is 2.30. The maximum atomic E-state index is 6.33. The van der Waals surface area contributed by atoms with Crippen LogP contribution in [0.25, 0.3) is 11.0 Å². The molecular weight excluding hydrogens is 382 g/mol. The number of halogens is 2. The van der Waals surface area contributed by atoms with E-state index in [1.807, 2.05) is 49.4 Å². The number of nitrogens with two attached hydrogens (primary N) is 1. The van der Waals surface area contributed by atoms with Gasteiger partial charge in [0.25, 0.3) is 0 Å². The maximum Gasteiger partial charge on any atom is 0.137 e. The molecule has 4 heteroatoms. The highest BCUT2D eigenvalue weighted by atomic mass is 79.9. The molecule has 0 aliphatic heterocycles. The second-order valence-electron chi connectivity index (χ2n) is 4.82. The van der Waals surface area contributed by atoms with E-state index in [4.69, 9.17) is 10.2 Å². The van der Waals surface area contributed by atoms with Gasteiger partial charge in [0.2, 0.25) is 0 Å². The first kappa shape index (κ1) is 13.9. The summed E-state index contributed by atoms with van der Waals surface area (Å²) < 4.78 is 7.92. The highest BCUT2D eigenvalue weighted by Crippen LogP contribution is 2.31. The van der Waals surface area contributed by atoms with E-state index in [0.717, 1.165) is 36.8 Å². The highest BCUT2D eigenvalue weighted by molar-refractivity contribution is 9.11. The summed E-state index contributed by atoms with van der Waals surface area (Å²) in [7, 11) is 0. The monoisotopic (exact) mass is 393 g/mol. The van der Waals surface area contributed by atoms with Crippen LogP contribution in [0, 0.1) is 6.92 Å². The van der Waals surface area contributed by atoms with Crippen molar-refractivity contribution >= 4 is 42.8 Å². The zero-order chi connectivity index (χ0) is 14.3. The van der Waals surface area contributed by atoms with Gasteiger partial charge in [-0.25, -0.2) is 0 Å². The van der Waals surface area contributed by atoms with Gasteiger partial charge in [0.05, 0.1) is 6.04 Å². The fraction of sp³-hybridized carbons (Fsp3) is 0.125. The van der Waals surface area contributed by atoms with E-state index >= 15 is 0 Å². The first-order chi connectivity index (χ1) is 9.54. The van der Waals surface area contributed by atoms with Crippen LogP contribution in [-0.2, 0) is 0 Å². The Morgan fingerprint density at radius 1 is 1.05 bits per heavy atom. The minimum Gasteiger partial charge on any atom is -0.459 e. The molecule has 1 aromatic heterocycles. The topological polar surface area (TPSA) is 39.2 Å². The summed E-state index contributed by atoms with van der Waals surface area (Å²) in [4.78, 5) is 0. The minimum atomic E-state index is -0.282. The Labute approximate surface area is 134 Å². The number of hydrogen-bond acceptors (Lipinski definition) is 2. The van der Waals surface area contributed by atoms with Gasteiger partial charge in [-0.2, -0.15) is 0 Å². The molecule has 1 atom stereocenters. The lowest BCUT2D eigenvalue weighted by Crippen LogP contribution is -2.10. The van der Waals surface area contributed by atoms with E-state index < -0.39 is 0 Å². The summed E-state index contributed by atoms with van der Waals surface area (Å²) in [5.41, 5.74) is 9.37. The van der Waals surface area contributed by atoms with Gasteiger partial charge in [0.15, 0.2) is 0 Å². The second kappa shape index (κ2) is 5.35. The van der Waals surface area contributed by atoms with Crippen LogP contribution in [0.5, 0.6) is 0 Å². The molecular formula is C16H13Br2NO. The molecule has 20 heavy (non-hydrogen) atoms. The quantitative estimate of drug-likeness (QED) is 0.639. The maximum absolute atomic E-state index is 6.33. The number of para-hydroxylation sites is 1. The van der Waals surface area contributed by atoms with Gasteiger partial charge < -0.3 is 10.2 Å². The molecule has 0 bridgehead atoms. The van der Waals surface area contributed by atoms with Crippen molar-refractivity contribution in [2.45, 2.75) is 13.0 Å². The standard InChI is InChI=1S/C16H13Br2NO/c1-9-3-2-4-10-7-14(20-16(9)10)15(19)11-5-12(17)8-13(18)6-11/h2-8,15H,19H2,1H3. The number of furan rings is 1. The van der Waals surface area contributed by atoms with E-state index in [0.29, 0.717) is 0 Å². The van der Waals surface area contributed by atoms with Crippen LogP contribution in [0.4, 0.5) is 0 Å². The molecule has 0 aliphatic carbocycles. The molecule has 2 nitrogen and oxygen atoms in total. The number of fused-ring (bicyclic) bond motifs is 1. The molecule has 2 aromatic carbocycles. The summed E-state index contributed by atoms with van der Waals surface area (Å²) in [6.45, 7) is 2.04. The van der Waals surface area contributed by atoms with Crippen molar-refractivity contribution in [3.63, 3.8) is 0 Å². The average molecular weight is 395 g/mol. The number of aryl methyl sites for hydroxylation is 1. The molecule has 1 heterocycles. The third-order valence-electron chi connectivity index (χ3n) is 3.31. The van der Waals surface area contributed by atoms with Crippen molar-refractivity contribution in [3.8, 4) is 0 Å². The summed E-state index contributed by atoms with van der Waals surface area (Å²) >= 11 is 6.97. The Balaban J connectivity index is 2.07. The van der Waals surface area contributed by atoms with E-state index in [1.54, 1.807) is 0 Å². The molecule has 1 unspecified atom stereocenters. The molecule has 3 rings (SSSR count). The summed E-state index contributed by atoms with van der Waals surface area (Å²) in [6, 6.07) is 13.8. The van der Waals surface area contributed by atoms with Crippen LogP contribution in [0.3, 0.4) is 0 Å². The molecule has 0 aliphatic rings. The van der Waals surface area contributed by atoms with Crippen LogP contribution in [0.15, 0.2) is 55.8 Å². The SMILES string of the molecule is Cc1cccc2cc(C(N)c3cc(Br)cc(Br)c3)oc12. The Morgan fingerprint density at radius 2 is 1.75 bits per heavy atom. The Kier molecular flexibility index (Phi) is 3.71. The second-order valence-corrected chi connectivity index (χ2v) is 6.65. The van der Waals surface area contributed by atoms with Crippen molar-refractivity contribution < 1.29 is 4.42 Å². The number of hydrogen-bond donors (Lipinski definition) is 1. The summed E-state index contributed by atoms with van der Waals surface area (Å²) in [5, 5.41) is 1.09. The summed E-state index contributed by atoms with van der Waals surface area (Å²) in [5.74, 6) is 0.777. The Bertz CT molecular complexity index is 759. The first-order valence-corrected chi connectivity index (χ1v) is 7.84. The third kappa shape index (κ3) is 2.55. The van der Waals surface area contributed by atoms with Crippen molar-refractivity contribution in [2.75, 3.05) is 0 Å². The van der Waals surface area contributed by atoms with Crippen LogP contribution < -0.4 is 5.73 Å². The van der Waals surface area contributed by atoms with E-state index in [9.17, 15) is 0 Å². The third-order valence-corrected chi connectivity index (χ3v) is 4.23. The molecule has 0 saturated carbocycles. The molecule has 3 aromatic rings. The predicted octanol–water partition coefficient (Wildman–Crippen LogP) is 5.31. The Hall–Kier alpha value is -1.10. The van der Waals surface area contributed by atoms with Gasteiger partial charge >= 0.3 is 0 Å². The van der Waals surface area contributed by atoms with Crippen LogP contribution >= 0.6 is 31.9 Å². The van der Waals surface area contributed by atoms with Gasteiger partial charge in [0, 0.05) is 14.3 Å². The number of benzene rings is 2. The van der Waals surface area contributed by atoms with Crippen molar-refractivity contribution in [1.82, 2.24) is 0 Å². The normalized spacial score (nSPS) is 12.8. The molecule has 0 saturated heterocycles. The van der Waals surface area contributed by atoms with Gasteiger partial charge in [-0.05, 0) is 42.3 Å². The van der Waals surface area contributed by atoms with E-state index in [-0.39, 0.29) is 6.04 Å². The fourth-order valence-corrected chi connectivity index (χ4v) is 3.63. The van der Waals surface area contributed by atoms with Crippen LogP contribution in [0.2, 0.25) is 0 Å². The lowest BCUT2D eigenvalue weighted by molar-refractivity contribution is 0.523.